The van der Waals surface area contributed by atoms with Crippen LogP contribution < -0.4 is 5.73 Å². The fourth-order valence-corrected chi connectivity index (χ4v) is 1.90. The highest BCUT2D eigenvalue weighted by atomic mass is 16.5. The highest BCUT2D eigenvalue weighted by Gasteiger charge is 2.24. The van der Waals surface area contributed by atoms with Crippen LogP contribution in [0.4, 0.5) is 0 Å². The fraction of sp³-hybridized carbons (Fsp3) is 1.00. The molecule has 3 unspecified atom stereocenters. The van der Waals surface area contributed by atoms with E-state index in [0.29, 0.717) is 12.2 Å². The normalized spacial score (nSPS) is 32.2. The number of hydrogen-bond acceptors (Lipinski definition) is 2. The van der Waals surface area contributed by atoms with E-state index in [1.165, 1.54) is 25.7 Å². The van der Waals surface area contributed by atoms with Gasteiger partial charge in [0.05, 0.1) is 12.2 Å². The maximum Gasteiger partial charge on any atom is 0.0594 e. The fourth-order valence-electron chi connectivity index (χ4n) is 1.90. The minimum absolute atomic E-state index is 0.287. The summed E-state index contributed by atoms with van der Waals surface area (Å²) in [6, 6.07) is 0.287. The first-order valence-electron chi connectivity index (χ1n) is 5.13. The smallest absolute Gasteiger partial charge is 0.0594 e. The summed E-state index contributed by atoms with van der Waals surface area (Å²) in [6.07, 6.45) is 6.91. The van der Waals surface area contributed by atoms with Gasteiger partial charge in [0, 0.05) is 6.04 Å². The Morgan fingerprint density at radius 1 is 1.42 bits per heavy atom. The molecule has 2 N–H and O–H groups in total. The number of rotatable bonds is 4. The summed E-state index contributed by atoms with van der Waals surface area (Å²) < 4.78 is 5.83. The van der Waals surface area contributed by atoms with Gasteiger partial charge in [-0.2, -0.15) is 0 Å². The SMILES string of the molecule is CCCC1CCC(CC(C)N)O1. The Labute approximate surface area is 75.5 Å². The molecule has 2 heteroatoms. The zero-order chi connectivity index (χ0) is 8.97. The van der Waals surface area contributed by atoms with E-state index < -0.39 is 0 Å². The van der Waals surface area contributed by atoms with Crippen LogP contribution in [0.15, 0.2) is 0 Å². The summed E-state index contributed by atoms with van der Waals surface area (Å²) in [5, 5.41) is 0. The quantitative estimate of drug-likeness (QED) is 0.702. The van der Waals surface area contributed by atoms with Crippen LogP contribution in [0.25, 0.3) is 0 Å². The van der Waals surface area contributed by atoms with Crippen molar-refractivity contribution in [1.29, 1.82) is 0 Å². The summed E-state index contributed by atoms with van der Waals surface area (Å²) in [5.74, 6) is 0. The average molecular weight is 171 g/mol. The zero-order valence-electron chi connectivity index (χ0n) is 8.25. The van der Waals surface area contributed by atoms with Gasteiger partial charge in [0.1, 0.15) is 0 Å². The standard InChI is InChI=1S/C10H21NO/c1-3-4-9-5-6-10(12-9)7-8(2)11/h8-10H,3-7,11H2,1-2H3. The van der Waals surface area contributed by atoms with E-state index in [2.05, 4.69) is 13.8 Å². The van der Waals surface area contributed by atoms with E-state index in [1.807, 2.05) is 0 Å². The molecule has 0 radical (unpaired) electrons. The Morgan fingerprint density at radius 3 is 2.67 bits per heavy atom. The lowest BCUT2D eigenvalue weighted by Crippen LogP contribution is -2.23. The summed E-state index contributed by atoms with van der Waals surface area (Å²) in [6.45, 7) is 4.26. The molecule has 0 spiro atoms. The molecule has 0 aromatic rings. The lowest BCUT2D eigenvalue weighted by Gasteiger charge is -2.14. The topological polar surface area (TPSA) is 35.2 Å². The van der Waals surface area contributed by atoms with Crippen molar-refractivity contribution in [1.82, 2.24) is 0 Å². The molecule has 72 valence electrons. The summed E-state index contributed by atoms with van der Waals surface area (Å²) in [5.41, 5.74) is 5.71. The van der Waals surface area contributed by atoms with Crippen LogP contribution >= 0.6 is 0 Å². The molecule has 1 aliphatic heterocycles. The molecule has 1 aliphatic rings. The monoisotopic (exact) mass is 171 g/mol. The van der Waals surface area contributed by atoms with Crippen molar-refractivity contribution in [3.8, 4) is 0 Å². The second kappa shape index (κ2) is 4.83. The Morgan fingerprint density at radius 2 is 2.08 bits per heavy atom. The molecule has 0 saturated carbocycles. The summed E-state index contributed by atoms with van der Waals surface area (Å²) in [7, 11) is 0. The van der Waals surface area contributed by atoms with Crippen molar-refractivity contribution >= 4 is 0 Å². The van der Waals surface area contributed by atoms with Gasteiger partial charge in [-0.3, -0.25) is 0 Å². The molecule has 0 aromatic carbocycles. The molecular formula is C10H21NO. The molecule has 3 atom stereocenters. The van der Waals surface area contributed by atoms with Crippen molar-refractivity contribution in [2.45, 2.75) is 64.2 Å². The van der Waals surface area contributed by atoms with Gasteiger partial charge in [0.2, 0.25) is 0 Å². The van der Waals surface area contributed by atoms with Gasteiger partial charge in [0.15, 0.2) is 0 Å². The lowest BCUT2D eigenvalue weighted by molar-refractivity contribution is 0.0332. The Hall–Kier alpha value is -0.0800. The molecule has 0 bridgehead atoms. The van der Waals surface area contributed by atoms with E-state index in [4.69, 9.17) is 10.5 Å². The number of nitrogens with two attached hydrogens (primary N) is 1. The first-order chi connectivity index (χ1) is 5.72. The Bertz CT molecular complexity index is 125. The van der Waals surface area contributed by atoms with Crippen molar-refractivity contribution < 1.29 is 4.74 Å². The predicted molar refractivity (Wildman–Crippen MR) is 51.1 cm³/mol. The van der Waals surface area contributed by atoms with E-state index in [9.17, 15) is 0 Å². The first kappa shape index (κ1) is 10.0. The van der Waals surface area contributed by atoms with Gasteiger partial charge in [-0.15, -0.1) is 0 Å². The molecule has 1 saturated heterocycles. The maximum atomic E-state index is 5.83. The third kappa shape index (κ3) is 3.11. The zero-order valence-corrected chi connectivity index (χ0v) is 8.25. The van der Waals surface area contributed by atoms with Crippen molar-refractivity contribution in [3.63, 3.8) is 0 Å². The molecule has 0 amide bonds. The van der Waals surface area contributed by atoms with Crippen LogP contribution in [0.1, 0.15) is 46.0 Å². The number of hydrogen-bond donors (Lipinski definition) is 1. The molecule has 12 heavy (non-hydrogen) atoms. The summed E-state index contributed by atoms with van der Waals surface area (Å²) in [4.78, 5) is 0. The first-order valence-corrected chi connectivity index (χ1v) is 5.13. The average Bonchev–Trinajstić information content (AvgIpc) is 2.36. The van der Waals surface area contributed by atoms with E-state index in [0.717, 1.165) is 6.42 Å². The number of ether oxygens (including phenoxy) is 1. The second-order valence-electron chi connectivity index (χ2n) is 3.96. The van der Waals surface area contributed by atoms with Crippen LogP contribution in [0.5, 0.6) is 0 Å². The molecular weight excluding hydrogens is 150 g/mol. The second-order valence-corrected chi connectivity index (χ2v) is 3.96. The predicted octanol–water partition coefficient (Wildman–Crippen LogP) is 2.07. The highest BCUT2D eigenvalue weighted by Crippen LogP contribution is 2.25. The molecule has 0 aromatic heterocycles. The van der Waals surface area contributed by atoms with Gasteiger partial charge < -0.3 is 10.5 Å². The molecule has 0 aliphatic carbocycles. The molecule has 1 fully saturated rings. The maximum absolute atomic E-state index is 5.83. The van der Waals surface area contributed by atoms with Gasteiger partial charge in [-0.1, -0.05) is 13.3 Å². The lowest BCUT2D eigenvalue weighted by atomic mass is 10.1. The highest BCUT2D eigenvalue weighted by molar-refractivity contribution is 4.75. The minimum atomic E-state index is 0.287. The van der Waals surface area contributed by atoms with Gasteiger partial charge in [-0.05, 0) is 32.6 Å². The van der Waals surface area contributed by atoms with E-state index in [1.54, 1.807) is 0 Å². The summed E-state index contributed by atoms with van der Waals surface area (Å²) >= 11 is 0. The Balaban J connectivity index is 2.16. The minimum Gasteiger partial charge on any atom is -0.375 e. The Kier molecular flexibility index (Phi) is 4.02. The molecule has 2 nitrogen and oxygen atoms in total. The van der Waals surface area contributed by atoms with Crippen LogP contribution in [-0.2, 0) is 4.74 Å². The van der Waals surface area contributed by atoms with Gasteiger partial charge in [-0.25, -0.2) is 0 Å². The van der Waals surface area contributed by atoms with Crippen LogP contribution in [0.2, 0.25) is 0 Å². The van der Waals surface area contributed by atoms with Crippen LogP contribution in [-0.4, -0.2) is 18.2 Å². The largest absolute Gasteiger partial charge is 0.375 e. The third-order valence-electron chi connectivity index (χ3n) is 2.44. The van der Waals surface area contributed by atoms with Crippen molar-refractivity contribution in [2.75, 3.05) is 0 Å². The van der Waals surface area contributed by atoms with Crippen molar-refractivity contribution in [3.05, 3.63) is 0 Å². The van der Waals surface area contributed by atoms with Crippen LogP contribution in [0.3, 0.4) is 0 Å². The molecule has 1 heterocycles. The van der Waals surface area contributed by atoms with Crippen molar-refractivity contribution in [2.24, 2.45) is 5.73 Å². The van der Waals surface area contributed by atoms with E-state index >= 15 is 0 Å². The van der Waals surface area contributed by atoms with E-state index in [-0.39, 0.29) is 6.04 Å². The molecule has 1 rings (SSSR count). The third-order valence-corrected chi connectivity index (χ3v) is 2.44. The van der Waals surface area contributed by atoms with Gasteiger partial charge >= 0.3 is 0 Å². The van der Waals surface area contributed by atoms with Crippen LogP contribution in [0, 0.1) is 0 Å². The van der Waals surface area contributed by atoms with Gasteiger partial charge in [0.25, 0.3) is 0 Å².